The van der Waals surface area contributed by atoms with Crippen molar-refractivity contribution < 1.29 is 0 Å². The van der Waals surface area contributed by atoms with Crippen LogP contribution >= 0.6 is 0 Å². The minimum atomic E-state index is -0.0458. The summed E-state index contributed by atoms with van der Waals surface area (Å²) in [6.45, 7) is 11.5. The Labute approximate surface area is 171 Å². The molecule has 0 saturated heterocycles. The monoisotopic (exact) mass is 373 g/mol. The minimum absolute atomic E-state index is 0.0458. The van der Waals surface area contributed by atoms with Gasteiger partial charge in [-0.3, -0.25) is 0 Å². The highest BCUT2D eigenvalue weighted by Gasteiger charge is 2.29. The first-order valence-electron chi connectivity index (χ1n) is 10.9. The zero-order chi connectivity index (χ0) is 20.2. The topological polar surface area (TPSA) is 12.0 Å². The van der Waals surface area contributed by atoms with Gasteiger partial charge < -0.3 is 5.32 Å². The molecule has 1 nitrogen and oxygen atoms in total. The van der Waals surface area contributed by atoms with Crippen LogP contribution in [0.3, 0.4) is 0 Å². The van der Waals surface area contributed by atoms with Crippen LogP contribution in [-0.2, 0) is 11.0 Å². The maximum absolute atomic E-state index is 3.89. The fourth-order valence-corrected chi connectivity index (χ4v) is 4.30. The lowest BCUT2D eigenvalue weighted by atomic mass is 9.76. The largest absolute Gasteiger partial charge is 0.376 e. The van der Waals surface area contributed by atoms with Crippen molar-refractivity contribution in [2.75, 3.05) is 5.32 Å². The van der Waals surface area contributed by atoms with Crippen molar-refractivity contribution in [1.29, 1.82) is 0 Å². The van der Waals surface area contributed by atoms with Gasteiger partial charge in [-0.15, -0.1) is 0 Å². The van der Waals surface area contributed by atoms with Crippen molar-refractivity contribution >= 4 is 16.5 Å². The molecule has 0 heterocycles. The molecule has 0 aliphatic carbocycles. The average Bonchev–Trinajstić information content (AvgIpc) is 2.77. The minimum Gasteiger partial charge on any atom is -0.376 e. The van der Waals surface area contributed by atoms with Crippen LogP contribution in [0.1, 0.15) is 71.4 Å². The summed E-state index contributed by atoms with van der Waals surface area (Å²) in [5, 5.41) is 6.46. The summed E-state index contributed by atoms with van der Waals surface area (Å²) in [7, 11) is 0. The molecule has 0 saturated carbocycles. The normalized spacial score (nSPS) is 12.3. The van der Waals surface area contributed by atoms with Crippen LogP contribution in [0.2, 0.25) is 0 Å². The van der Waals surface area contributed by atoms with Gasteiger partial charge in [0.15, 0.2) is 0 Å². The summed E-state index contributed by atoms with van der Waals surface area (Å²) in [6.07, 6.45) is 4.44. The Morgan fingerprint density at radius 3 is 1.79 bits per heavy atom. The van der Waals surface area contributed by atoms with Crippen molar-refractivity contribution in [2.45, 2.75) is 71.3 Å². The molecule has 0 atom stereocenters. The van der Waals surface area contributed by atoms with E-state index in [1.165, 1.54) is 40.4 Å². The lowest BCUT2D eigenvalue weighted by Crippen LogP contribution is -2.34. The summed E-state index contributed by atoms with van der Waals surface area (Å²) in [5.41, 5.74) is 4.25. The van der Waals surface area contributed by atoms with Crippen molar-refractivity contribution in [3.05, 3.63) is 77.9 Å². The number of hydrogen-bond donors (Lipinski definition) is 1. The Balaban J connectivity index is 1.94. The zero-order valence-corrected chi connectivity index (χ0v) is 18.2. The molecule has 3 rings (SSSR count). The molecule has 0 fully saturated rings. The average molecular weight is 374 g/mol. The lowest BCUT2D eigenvalue weighted by Gasteiger charge is -2.36. The highest BCUT2D eigenvalue weighted by molar-refractivity contribution is 5.85. The summed E-state index contributed by atoms with van der Waals surface area (Å²) < 4.78 is 0. The van der Waals surface area contributed by atoms with Gasteiger partial charge >= 0.3 is 0 Å². The van der Waals surface area contributed by atoms with Crippen LogP contribution in [-0.4, -0.2) is 0 Å². The predicted molar refractivity (Wildman–Crippen MR) is 124 cm³/mol. The Kier molecular flexibility index (Phi) is 6.13. The Morgan fingerprint density at radius 2 is 1.21 bits per heavy atom. The molecule has 0 spiro atoms. The number of nitrogens with one attached hydrogen (secondary N) is 1. The predicted octanol–water partition coefficient (Wildman–Crippen LogP) is 8.04. The molecule has 28 heavy (non-hydrogen) atoms. The molecule has 3 aromatic rings. The highest BCUT2D eigenvalue weighted by Crippen LogP contribution is 2.37. The van der Waals surface area contributed by atoms with Gasteiger partial charge in [0.2, 0.25) is 0 Å². The number of benzene rings is 3. The van der Waals surface area contributed by atoms with Gasteiger partial charge in [0.1, 0.15) is 0 Å². The molecule has 0 radical (unpaired) electrons. The van der Waals surface area contributed by atoms with Crippen LogP contribution in [0.15, 0.2) is 66.7 Å². The van der Waals surface area contributed by atoms with E-state index in [4.69, 9.17) is 0 Å². The number of rotatable bonds is 8. The first-order valence-corrected chi connectivity index (χ1v) is 10.9. The third kappa shape index (κ3) is 3.81. The van der Waals surface area contributed by atoms with E-state index in [1.54, 1.807) is 0 Å². The van der Waals surface area contributed by atoms with E-state index in [0.29, 0.717) is 0 Å². The molecule has 0 aliphatic rings. The van der Waals surface area contributed by atoms with Gasteiger partial charge in [-0.2, -0.15) is 0 Å². The second-order valence-electron chi connectivity index (χ2n) is 8.32. The fraction of sp³-hybridized carbons (Fsp3) is 0.407. The van der Waals surface area contributed by atoms with Gasteiger partial charge in [-0.05, 0) is 65.1 Å². The Bertz CT molecular complexity index is 899. The van der Waals surface area contributed by atoms with Gasteiger partial charge in [0.25, 0.3) is 0 Å². The SMILES string of the molecule is CCC(C)(CC)c1ccc(C(CC)(CC)Nc2ccc3ccccc3c2)cc1. The van der Waals surface area contributed by atoms with E-state index < -0.39 is 0 Å². The van der Waals surface area contributed by atoms with E-state index in [0.717, 1.165) is 12.8 Å². The standard InChI is InChI=1S/C27H35N/c1-6-26(5,7-2)23-15-17-24(18-16-23)27(8-3,9-4)28-25-19-14-21-12-10-11-13-22(21)20-25/h10-20,28H,6-9H2,1-5H3. The van der Waals surface area contributed by atoms with E-state index in [9.17, 15) is 0 Å². The molecular formula is C27H35N. The Morgan fingerprint density at radius 1 is 0.643 bits per heavy atom. The van der Waals surface area contributed by atoms with Crippen molar-refractivity contribution in [2.24, 2.45) is 0 Å². The maximum Gasteiger partial charge on any atom is 0.0620 e. The fourth-order valence-electron chi connectivity index (χ4n) is 4.30. The first kappa shape index (κ1) is 20.5. The van der Waals surface area contributed by atoms with Crippen molar-refractivity contribution in [3.8, 4) is 0 Å². The zero-order valence-electron chi connectivity index (χ0n) is 18.2. The Hall–Kier alpha value is -2.28. The number of anilines is 1. The molecule has 148 valence electrons. The van der Waals surface area contributed by atoms with Crippen molar-refractivity contribution in [3.63, 3.8) is 0 Å². The molecule has 0 unspecified atom stereocenters. The van der Waals surface area contributed by atoms with Gasteiger partial charge in [0.05, 0.1) is 5.54 Å². The summed E-state index contributed by atoms with van der Waals surface area (Å²) >= 11 is 0. The van der Waals surface area contributed by atoms with Crippen LogP contribution in [0.5, 0.6) is 0 Å². The molecule has 3 aromatic carbocycles. The van der Waals surface area contributed by atoms with E-state index >= 15 is 0 Å². The van der Waals surface area contributed by atoms with Gasteiger partial charge in [-0.25, -0.2) is 0 Å². The highest BCUT2D eigenvalue weighted by atomic mass is 15.0. The quantitative estimate of drug-likeness (QED) is 0.421. The number of hydrogen-bond acceptors (Lipinski definition) is 1. The van der Waals surface area contributed by atoms with Crippen LogP contribution in [0.4, 0.5) is 5.69 Å². The molecule has 0 aromatic heterocycles. The molecule has 1 heteroatoms. The third-order valence-corrected chi connectivity index (χ3v) is 7.04. The van der Waals surface area contributed by atoms with Gasteiger partial charge in [0, 0.05) is 5.69 Å². The maximum atomic E-state index is 3.89. The van der Waals surface area contributed by atoms with Crippen LogP contribution in [0.25, 0.3) is 10.8 Å². The molecular weight excluding hydrogens is 338 g/mol. The van der Waals surface area contributed by atoms with Crippen LogP contribution < -0.4 is 5.32 Å². The second kappa shape index (κ2) is 8.39. The smallest absolute Gasteiger partial charge is 0.0620 e. The third-order valence-electron chi connectivity index (χ3n) is 7.04. The lowest BCUT2D eigenvalue weighted by molar-refractivity contribution is 0.435. The van der Waals surface area contributed by atoms with E-state index in [1.807, 2.05) is 0 Å². The first-order chi connectivity index (χ1) is 13.5. The molecule has 0 bridgehead atoms. The summed E-state index contributed by atoms with van der Waals surface area (Å²) in [4.78, 5) is 0. The van der Waals surface area contributed by atoms with E-state index in [2.05, 4.69) is 107 Å². The molecule has 0 aliphatic heterocycles. The van der Waals surface area contributed by atoms with Crippen molar-refractivity contribution in [1.82, 2.24) is 0 Å². The molecule has 1 N–H and O–H groups in total. The van der Waals surface area contributed by atoms with Gasteiger partial charge in [-0.1, -0.05) is 89.2 Å². The summed E-state index contributed by atoms with van der Waals surface area (Å²) in [5.74, 6) is 0. The number of fused-ring (bicyclic) bond motifs is 1. The summed E-state index contributed by atoms with van der Waals surface area (Å²) in [6, 6.07) is 24.7. The van der Waals surface area contributed by atoms with Crippen LogP contribution in [0, 0.1) is 0 Å². The molecule has 0 amide bonds. The second-order valence-corrected chi connectivity index (χ2v) is 8.32. The van der Waals surface area contributed by atoms with E-state index in [-0.39, 0.29) is 11.0 Å².